The van der Waals surface area contributed by atoms with Crippen molar-refractivity contribution in [2.75, 3.05) is 31.5 Å². The van der Waals surface area contributed by atoms with E-state index < -0.39 is 0 Å². The molecule has 0 radical (unpaired) electrons. The lowest BCUT2D eigenvalue weighted by Crippen LogP contribution is -2.48. The third-order valence-corrected chi connectivity index (χ3v) is 4.63. The number of piperazine rings is 1. The summed E-state index contributed by atoms with van der Waals surface area (Å²) in [5.41, 5.74) is 3.27. The van der Waals surface area contributed by atoms with Crippen molar-refractivity contribution in [2.24, 2.45) is 0 Å². The number of hydrogen-bond acceptors (Lipinski definition) is 4. The molecule has 1 saturated heterocycles. The van der Waals surface area contributed by atoms with Crippen molar-refractivity contribution < 1.29 is 4.79 Å². The largest absolute Gasteiger partial charge is 0.325 e. The van der Waals surface area contributed by atoms with E-state index in [0.717, 1.165) is 30.9 Å². The second kappa shape index (κ2) is 8.23. The van der Waals surface area contributed by atoms with E-state index >= 15 is 0 Å². The molecular formula is C20H26N4O. The van der Waals surface area contributed by atoms with Gasteiger partial charge < -0.3 is 10.6 Å². The zero-order chi connectivity index (χ0) is 17.6. The quantitative estimate of drug-likeness (QED) is 0.880. The van der Waals surface area contributed by atoms with E-state index in [0.29, 0.717) is 12.5 Å². The molecule has 1 aromatic heterocycles. The summed E-state index contributed by atoms with van der Waals surface area (Å²) < 4.78 is 0. The number of nitrogens with zero attached hydrogens (tertiary/aromatic N) is 2. The van der Waals surface area contributed by atoms with Crippen LogP contribution >= 0.6 is 0 Å². The van der Waals surface area contributed by atoms with Crippen LogP contribution in [0.25, 0.3) is 0 Å². The molecule has 1 unspecified atom stereocenters. The van der Waals surface area contributed by atoms with Gasteiger partial charge in [-0.1, -0.05) is 32.0 Å². The molecule has 1 aromatic carbocycles. The Morgan fingerprint density at radius 1 is 1.32 bits per heavy atom. The molecule has 2 N–H and O–H groups in total. The maximum atomic E-state index is 12.5. The molecule has 1 fully saturated rings. The topological polar surface area (TPSA) is 57.3 Å². The maximum absolute atomic E-state index is 12.5. The van der Waals surface area contributed by atoms with Crippen LogP contribution in [0.2, 0.25) is 0 Å². The van der Waals surface area contributed by atoms with Gasteiger partial charge >= 0.3 is 0 Å². The van der Waals surface area contributed by atoms with Gasteiger partial charge in [-0.05, 0) is 35.2 Å². The Hall–Kier alpha value is -2.24. The molecule has 1 atom stereocenters. The molecule has 5 heteroatoms. The number of amides is 1. The Bertz CT molecular complexity index is 685. The number of benzene rings is 1. The number of rotatable bonds is 5. The molecule has 25 heavy (non-hydrogen) atoms. The monoisotopic (exact) mass is 338 g/mol. The van der Waals surface area contributed by atoms with Gasteiger partial charge in [0, 0.05) is 43.8 Å². The summed E-state index contributed by atoms with van der Waals surface area (Å²) in [7, 11) is 0. The third-order valence-electron chi connectivity index (χ3n) is 4.63. The van der Waals surface area contributed by atoms with E-state index in [9.17, 15) is 4.79 Å². The van der Waals surface area contributed by atoms with Gasteiger partial charge in [-0.3, -0.25) is 14.7 Å². The number of hydrogen-bond donors (Lipinski definition) is 2. The molecule has 1 aliphatic rings. The van der Waals surface area contributed by atoms with Gasteiger partial charge in [-0.25, -0.2) is 0 Å². The fourth-order valence-electron chi connectivity index (χ4n) is 3.17. The number of carbonyl (C=O) groups is 1. The van der Waals surface area contributed by atoms with Gasteiger partial charge in [0.15, 0.2) is 0 Å². The third kappa shape index (κ3) is 4.65. The molecule has 0 spiro atoms. The molecule has 0 bridgehead atoms. The Morgan fingerprint density at radius 2 is 2.12 bits per heavy atom. The highest BCUT2D eigenvalue weighted by Gasteiger charge is 2.25. The van der Waals surface area contributed by atoms with E-state index in [4.69, 9.17) is 0 Å². The minimum absolute atomic E-state index is 0.0214. The molecular weight excluding hydrogens is 312 g/mol. The molecule has 3 rings (SSSR count). The molecule has 1 aliphatic heterocycles. The fourth-order valence-corrected chi connectivity index (χ4v) is 3.17. The van der Waals surface area contributed by atoms with E-state index in [2.05, 4.69) is 52.6 Å². The standard InChI is InChI=1S/C20H26N4O/c1-15(2)16-5-7-18(8-6-16)23-20(25)14-24-11-10-22-13-19(24)17-4-3-9-21-12-17/h3-9,12,15,19,22H,10-11,13-14H2,1-2H3,(H,23,25). The molecule has 1 amide bonds. The van der Waals surface area contributed by atoms with Crippen molar-refractivity contribution in [1.82, 2.24) is 15.2 Å². The van der Waals surface area contributed by atoms with Crippen molar-refractivity contribution in [3.8, 4) is 0 Å². The van der Waals surface area contributed by atoms with E-state index in [-0.39, 0.29) is 11.9 Å². The summed E-state index contributed by atoms with van der Waals surface area (Å²) in [5.74, 6) is 0.513. The van der Waals surface area contributed by atoms with Crippen molar-refractivity contribution in [1.29, 1.82) is 0 Å². The first-order valence-electron chi connectivity index (χ1n) is 8.88. The van der Waals surface area contributed by atoms with Crippen LogP contribution in [-0.4, -0.2) is 42.0 Å². The lowest BCUT2D eigenvalue weighted by molar-refractivity contribution is -0.118. The molecule has 132 valence electrons. The summed E-state index contributed by atoms with van der Waals surface area (Å²) in [6.07, 6.45) is 3.66. The second-order valence-corrected chi connectivity index (χ2v) is 6.80. The van der Waals surface area contributed by atoms with Crippen molar-refractivity contribution in [2.45, 2.75) is 25.8 Å². The Kier molecular flexibility index (Phi) is 5.79. The highest BCUT2D eigenvalue weighted by Crippen LogP contribution is 2.21. The Balaban J connectivity index is 1.62. The van der Waals surface area contributed by atoms with Gasteiger partial charge in [0.1, 0.15) is 0 Å². The van der Waals surface area contributed by atoms with Crippen LogP contribution in [0.4, 0.5) is 5.69 Å². The number of carbonyl (C=O) groups excluding carboxylic acids is 1. The van der Waals surface area contributed by atoms with E-state index in [1.807, 2.05) is 24.4 Å². The van der Waals surface area contributed by atoms with Crippen LogP contribution in [0.1, 0.15) is 36.9 Å². The van der Waals surface area contributed by atoms with E-state index in [1.165, 1.54) is 5.56 Å². The predicted molar refractivity (Wildman–Crippen MR) is 101 cm³/mol. The lowest BCUT2D eigenvalue weighted by Gasteiger charge is -2.35. The first-order chi connectivity index (χ1) is 12.1. The van der Waals surface area contributed by atoms with Gasteiger partial charge in [-0.2, -0.15) is 0 Å². The SMILES string of the molecule is CC(C)c1ccc(NC(=O)CN2CCNCC2c2cccnc2)cc1. The summed E-state index contributed by atoms with van der Waals surface area (Å²) in [6.45, 7) is 7.29. The molecule has 5 nitrogen and oxygen atoms in total. The second-order valence-electron chi connectivity index (χ2n) is 6.80. The Labute approximate surface area is 149 Å². The smallest absolute Gasteiger partial charge is 0.238 e. The normalized spacial score (nSPS) is 18.3. The van der Waals surface area contributed by atoms with Crippen molar-refractivity contribution >= 4 is 11.6 Å². The highest BCUT2D eigenvalue weighted by atomic mass is 16.2. The number of nitrogens with one attached hydrogen (secondary N) is 2. The van der Waals surface area contributed by atoms with Gasteiger partial charge in [0.2, 0.25) is 5.91 Å². The number of pyridine rings is 1. The fraction of sp³-hybridized carbons (Fsp3) is 0.400. The minimum atomic E-state index is 0.0214. The lowest BCUT2D eigenvalue weighted by atomic mass is 10.0. The first kappa shape index (κ1) is 17.6. The average molecular weight is 338 g/mol. The van der Waals surface area contributed by atoms with Gasteiger partial charge in [-0.15, -0.1) is 0 Å². The minimum Gasteiger partial charge on any atom is -0.325 e. The molecule has 2 aromatic rings. The Morgan fingerprint density at radius 3 is 2.80 bits per heavy atom. The van der Waals surface area contributed by atoms with Crippen LogP contribution in [0, 0.1) is 0 Å². The van der Waals surface area contributed by atoms with Crippen LogP contribution in [-0.2, 0) is 4.79 Å². The maximum Gasteiger partial charge on any atom is 0.238 e. The number of anilines is 1. The van der Waals surface area contributed by atoms with Gasteiger partial charge in [0.05, 0.1) is 6.54 Å². The summed E-state index contributed by atoms with van der Waals surface area (Å²) in [6, 6.07) is 12.3. The zero-order valence-electron chi connectivity index (χ0n) is 14.9. The van der Waals surface area contributed by atoms with Crippen molar-refractivity contribution in [3.63, 3.8) is 0 Å². The van der Waals surface area contributed by atoms with Crippen LogP contribution in [0.15, 0.2) is 48.8 Å². The highest BCUT2D eigenvalue weighted by molar-refractivity contribution is 5.92. The molecule has 2 heterocycles. The average Bonchev–Trinajstić information content (AvgIpc) is 2.63. The van der Waals surface area contributed by atoms with Crippen LogP contribution in [0.5, 0.6) is 0 Å². The first-order valence-corrected chi connectivity index (χ1v) is 8.88. The molecule has 0 aliphatic carbocycles. The summed E-state index contributed by atoms with van der Waals surface area (Å²) in [5, 5.41) is 6.41. The van der Waals surface area contributed by atoms with Crippen molar-refractivity contribution in [3.05, 3.63) is 59.9 Å². The zero-order valence-corrected chi connectivity index (χ0v) is 14.9. The van der Waals surface area contributed by atoms with Crippen LogP contribution in [0.3, 0.4) is 0 Å². The van der Waals surface area contributed by atoms with Crippen LogP contribution < -0.4 is 10.6 Å². The summed E-state index contributed by atoms with van der Waals surface area (Å²) >= 11 is 0. The van der Waals surface area contributed by atoms with Gasteiger partial charge in [0.25, 0.3) is 0 Å². The van der Waals surface area contributed by atoms with E-state index in [1.54, 1.807) is 6.20 Å². The molecule has 0 saturated carbocycles. The predicted octanol–water partition coefficient (Wildman–Crippen LogP) is 2.79. The summed E-state index contributed by atoms with van der Waals surface area (Å²) in [4.78, 5) is 18.9. The number of aromatic nitrogens is 1.